The van der Waals surface area contributed by atoms with Crippen LogP contribution >= 0.6 is 11.6 Å². The summed E-state index contributed by atoms with van der Waals surface area (Å²) in [4.78, 5) is 2.44. The van der Waals surface area contributed by atoms with Gasteiger partial charge in [-0.15, -0.1) is 0 Å². The average Bonchev–Trinajstić information content (AvgIpc) is 2.49. The van der Waals surface area contributed by atoms with Crippen LogP contribution in [0.2, 0.25) is 5.02 Å². The molecule has 0 spiro atoms. The van der Waals surface area contributed by atoms with Gasteiger partial charge in [0.1, 0.15) is 0 Å². The summed E-state index contributed by atoms with van der Waals surface area (Å²) in [6.45, 7) is 4.57. The molecule has 19 heavy (non-hydrogen) atoms. The second kappa shape index (κ2) is 6.15. The maximum absolute atomic E-state index is 6.52. The molecule has 2 nitrogen and oxygen atoms in total. The first-order valence-electron chi connectivity index (χ1n) is 7.60. The summed E-state index contributed by atoms with van der Waals surface area (Å²) in [5.41, 5.74) is 2.63. The van der Waals surface area contributed by atoms with Crippen molar-refractivity contribution >= 4 is 17.3 Å². The minimum Gasteiger partial charge on any atom is -0.370 e. The number of nitrogens with zero attached hydrogens (tertiary/aromatic N) is 1. The van der Waals surface area contributed by atoms with Crippen molar-refractivity contribution in [2.75, 3.05) is 31.1 Å². The van der Waals surface area contributed by atoms with E-state index >= 15 is 0 Å². The first-order valence-corrected chi connectivity index (χ1v) is 7.97. The molecule has 1 aromatic rings. The van der Waals surface area contributed by atoms with E-state index in [1.54, 1.807) is 0 Å². The van der Waals surface area contributed by atoms with E-state index in [4.69, 9.17) is 11.6 Å². The zero-order chi connectivity index (χ0) is 13.1. The molecule has 1 N–H and O–H groups in total. The monoisotopic (exact) mass is 278 g/mol. The van der Waals surface area contributed by atoms with Gasteiger partial charge in [0.25, 0.3) is 0 Å². The lowest BCUT2D eigenvalue weighted by Crippen LogP contribution is -2.30. The summed E-state index contributed by atoms with van der Waals surface area (Å²) >= 11 is 6.52. The summed E-state index contributed by atoms with van der Waals surface area (Å²) in [6, 6.07) is 6.72. The van der Waals surface area contributed by atoms with Crippen LogP contribution in [0, 0.1) is 0 Å². The van der Waals surface area contributed by atoms with Gasteiger partial charge in [-0.2, -0.15) is 0 Å². The molecule has 0 aliphatic carbocycles. The summed E-state index contributed by atoms with van der Waals surface area (Å²) in [5, 5.41) is 4.41. The molecule has 0 bridgehead atoms. The van der Waals surface area contributed by atoms with Gasteiger partial charge in [-0.05, 0) is 62.3 Å². The quantitative estimate of drug-likeness (QED) is 0.885. The fourth-order valence-corrected chi connectivity index (χ4v) is 3.61. The van der Waals surface area contributed by atoms with E-state index in [-0.39, 0.29) is 0 Å². The normalized spacial score (nSPS) is 24.5. The fraction of sp³-hybridized carbons (Fsp3) is 0.625. The van der Waals surface area contributed by atoms with Gasteiger partial charge in [-0.1, -0.05) is 17.7 Å². The summed E-state index contributed by atoms with van der Waals surface area (Å²) in [6.07, 6.45) is 6.51. The Kier molecular flexibility index (Phi) is 4.29. The van der Waals surface area contributed by atoms with Gasteiger partial charge in [0.05, 0.1) is 10.7 Å². The molecule has 2 aliphatic heterocycles. The molecule has 3 heteroatoms. The van der Waals surface area contributed by atoms with Crippen molar-refractivity contribution < 1.29 is 0 Å². The lowest BCUT2D eigenvalue weighted by atomic mass is 9.91. The molecule has 1 atom stereocenters. The number of nitrogens with one attached hydrogen (secondary N) is 1. The minimum absolute atomic E-state index is 0.640. The molecule has 0 saturated carbocycles. The van der Waals surface area contributed by atoms with E-state index in [1.165, 1.54) is 43.4 Å². The number of piperidine rings is 2. The van der Waals surface area contributed by atoms with Gasteiger partial charge in [-0.25, -0.2) is 0 Å². The van der Waals surface area contributed by atoms with Crippen LogP contribution < -0.4 is 10.2 Å². The van der Waals surface area contributed by atoms with Gasteiger partial charge >= 0.3 is 0 Å². The SMILES string of the molecule is Clc1cc(C2CCCNC2)ccc1N1CCCCC1. The minimum atomic E-state index is 0.640. The lowest BCUT2D eigenvalue weighted by Gasteiger charge is -2.30. The van der Waals surface area contributed by atoms with Crippen LogP contribution in [0.15, 0.2) is 18.2 Å². The van der Waals surface area contributed by atoms with Crippen LogP contribution in [0.1, 0.15) is 43.6 Å². The predicted molar refractivity (Wildman–Crippen MR) is 82.4 cm³/mol. The highest BCUT2D eigenvalue weighted by atomic mass is 35.5. The second-order valence-electron chi connectivity index (χ2n) is 5.80. The van der Waals surface area contributed by atoms with E-state index in [0.717, 1.165) is 31.2 Å². The maximum Gasteiger partial charge on any atom is 0.0642 e. The van der Waals surface area contributed by atoms with Gasteiger partial charge in [0.15, 0.2) is 0 Å². The molecule has 0 amide bonds. The third-order valence-corrected chi connectivity index (χ3v) is 4.74. The Hall–Kier alpha value is -0.730. The topological polar surface area (TPSA) is 15.3 Å². The zero-order valence-corrected chi connectivity index (χ0v) is 12.3. The van der Waals surface area contributed by atoms with Gasteiger partial charge in [0, 0.05) is 19.6 Å². The highest BCUT2D eigenvalue weighted by molar-refractivity contribution is 6.33. The Labute approximate surface area is 121 Å². The largest absolute Gasteiger partial charge is 0.370 e. The molecular weight excluding hydrogens is 256 g/mol. The Bertz CT molecular complexity index is 421. The number of hydrogen-bond donors (Lipinski definition) is 1. The highest BCUT2D eigenvalue weighted by Crippen LogP contribution is 2.33. The maximum atomic E-state index is 6.52. The number of anilines is 1. The zero-order valence-electron chi connectivity index (χ0n) is 11.5. The number of halogens is 1. The number of rotatable bonds is 2. The van der Waals surface area contributed by atoms with Crippen LogP contribution in [0.5, 0.6) is 0 Å². The van der Waals surface area contributed by atoms with Crippen LogP contribution in [0.3, 0.4) is 0 Å². The lowest BCUT2D eigenvalue weighted by molar-refractivity contribution is 0.461. The van der Waals surface area contributed by atoms with E-state index in [9.17, 15) is 0 Å². The molecule has 2 aliphatic rings. The highest BCUT2D eigenvalue weighted by Gasteiger charge is 2.18. The van der Waals surface area contributed by atoms with E-state index in [0.29, 0.717) is 5.92 Å². The Morgan fingerprint density at radius 1 is 1.11 bits per heavy atom. The molecular formula is C16H23ClN2. The van der Waals surface area contributed by atoms with Gasteiger partial charge in [-0.3, -0.25) is 0 Å². The van der Waals surface area contributed by atoms with E-state index < -0.39 is 0 Å². The first kappa shape index (κ1) is 13.3. The molecule has 1 unspecified atom stereocenters. The third-order valence-electron chi connectivity index (χ3n) is 4.44. The number of hydrogen-bond acceptors (Lipinski definition) is 2. The summed E-state index contributed by atoms with van der Waals surface area (Å²) in [7, 11) is 0. The molecule has 1 aromatic carbocycles. The fourth-order valence-electron chi connectivity index (χ4n) is 3.30. The second-order valence-corrected chi connectivity index (χ2v) is 6.21. The molecule has 2 saturated heterocycles. The average molecular weight is 279 g/mol. The first-order chi connectivity index (χ1) is 9.34. The van der Waals surface area contributed by atoms with Crippen molar-refractivity contribution in [3.8, 4) is 0 Å². The van der Waals surface area contributed by atoms with Crippen molar-refractivity contribution in [1.82, 2.24) is 5.32 Å². The van der Waals surface area contributed by atoms with Crippen molar-refractivity contribution in [2.45, 2.75) is 38.0 Å². The van der Waals surface area contributed by atoms with Crippen LogP contribution in [-0.4, -0.2) is 26.2 Å². The molecule has 104 valence electrons. The molecule has 3 rings (SSSR count). The van der Waals surface area contributed by atoms with Crippen molar-refractivity contribution in [2.24, 2.45) is 0 Å². The van der Waals surface area contributed by atoms with E-state index in [1.807, 2.05) is 0 Å². The predicted octanol–water partition coefficient (Wildman–Crippen LogP) is 3.80. The van der Waals surface area contributed by atoms with Crippen LogP contribution in [0.4, 0.5) is 5.69 Å². The molecule has 0 aromatic heterocycles. The van der Waals surface area contributed by atoms with Gasteiger partial charge < -0.3 is 10.2 Å². The van der Waals surface area contributed by atoms with Crippen LogP contribution in [-0.2, 0) is 0 Å². The van der Waals surface area contributed by atoms with Crippen molar-refractivity contribution in [3.05, 3.63) is 28.8 Å². The Morgan fingerprint density at radius 3 is 2.63 bits per heavy atom. The van der Waals surface area contributed by atoms with Crippen molar-refractivity contribution in [3.63, 3.8) is 0 Å². The van der Waals surface area contributed by atoms with Crippen LogP contribution in [0.25, 0.3) is 0 Å². The molecule has 2 fully saturated rings. The van der Waals surface area contributed by atoms with E-state index in [2.05, 4.69) is 28.4 Å². The molecule has 0 radical (unpaired) electrons. The third kappa shape index (κ3) is 3.06. The van der Waals surface area contributed by atoms with Gasteiger partial charge in [0.2, 0.25) is 0 Å². The number of benzene rings is 1. The smallest absolute Gasteiger partial charge is 0.0642 e. The summed E-state index contributed by atoms with van der Waals surface area (Å²) in [5.74, 6) is 0.640. The molecule has 2 heterocycles. The Morgan fingerprint density at radius 2 is 1.95 bits per heavy atom. The summed E-state index contributed by atoms with van der Waals surface area (Å²) < 4.78 is 0. The van der Waals surface area contributed by atoms with Crippen molar-refractivity contribution in [1.29, 1.82) is 0 Å². The standard InChI is InChI=1S/C16H23ClN2/c17-15-11-13(14-5-4-8-18-12-14)6-7-16(15)19-9-2-1-3-10-19/h6-7,11,14,18H,1-5,8-10,12H2. The Balaban J connectivity index is 1.76.